The molecular formula is C22H28BrN. The van der Waals surface area contributed by atoms with Crippen LogP contribution in [-0.4, -0.2) is 4.98 Å². The van der Waals surface area contributed by atoms with Crippen LogP contribution in [0.1, 0.15) is 63.9 Å². The Bertz CT molecular complexity index is 787. The smallest absolute Gasteiger partial charge is 0.0465 e. The van der Waals surface area contributed by atoms with Gasteiger partial charge in [0.15, 0.2) is 0 Å². The van der Waals surface area contributed by atoms with Crippen LogP contribution in [-0.2, 0) is 6.42 Å². The lowest BCUT2D eigenvalue weighted by Crippen LogP contribution is -1.86. The zero-order valence-corrected chi connectivity index (χ0v) is 16.3. The summed E-state index contributed by atoms with van der Waals surface area (Å²) in [5.41, 5.74) is 3.93. The summed E-state index contributed by atoms with van der Waals surface area (Å²) in [7, 11) is 0. The van der Waals surface area contributed by atoms with Gasteiger partial charge in [-0.1, -0.05) is 73.9 Å². The first-order chi connectivity index (χ1) is 11.8. The first-order valence-corrected chi connectivity index (χ1v) is 10.3. The molecule has 0 spiro atoms. The summed E-state index contributed by atoms with van der Waals surface area (Å²) in [4.78, 5) is 3.51. The van der Waals surface area contributed by atoms with E-state index in [2.05, 4.69) is 64.2 Å². The number of fused-ring (bicyclic) bond motifs is 3. The van der Waals surface area contributed by atoms with Gasteiger partial charge >= 0.3 is 0 Å². The Morgan fingerprint density at radius 3 is 2.12 bits per heavy atom. The summed E-state index contributed by atoms with van der Waals surface area (Å²) in [6.07, 6.45) is 12.3. The maximum atomic E-state index is 3.59. The van der Waals surface area contributed by atoms with Gasteiger partial charge in [-0.25, -0.2) is 0 Å². The summed E-state index contributed by atoms with van der Waals surface area (Å²) in [5.74, 6) is 0. The van der Waals surface area contributed by atoms with Crippen molar-refractivity contribution >= 4 is 37.7 Å². The Balaban J connectivity index is 1.56. The number of aromatic nitrogens is 1. The summed E-state index contributed by atoms with van der Waals surface area (Å²) in [6, 6.07) is 13.4. The molecule has 1 heterocycles. The van der Waals surface area contributed by atoms with E-state index in [-0.39, 0.29) is 0 Å². The van der Waals surface area contributed by atoms with Gasteiger partial charge in [-0.2, -0.15) is 0 Å². The number of aryl methyl sites for hydroxylation is 1. The van der Waals surface area contributed by atoms with E-state index >= 15 is 0 Å². The van der Waals surface area contributed by atoms with Gasteiger partial charge < -0.3 is 4.98 Å². The van der Waals surface area contributed by atoms with Gasteiger partial charge in [0.2, 0.25) is 0 Å². The summed E-state index contributed by atoms with van der Waals surface area (Å²) in [6.45, 7) is 2.28. The SMILES string of the molecule is CCCCCCCCCCc1ccc2[nH]c3ccc(Br)cc3c2c1. The highest BCUT2D eigenvalue weighted by Crippen LogP contribution is 2.29. The number of benzene rings is 2. The second kappa shape index (κ2) is 8.71. The van der Waals surface area contributed by atoms with Crippen molar-refractivity contribution in [2.75, 3.05) is 0 Å². The molecule has 0 radical (unpaired) electrons. The zero-order chi connectivity index (χ0) is 16.8. The molecule has 0 amide bonds. The van der Waals surface area contributed by atoms with E-state index < -0.39 is 0 Å². The highest BCUT2D eigenvalue weighted by atomic mass is 79.9. The molecule has 3 aromatic rings. The predicted molar refractivity (Wildman–Crippen MR) is 110 cm³/mol. The van der Waals surface area contributed by atoms with Crippen molar-refractivity contribution in [2.45, 2.75) is 64.7 Å². The predicted octanol–water partition coefficient (Wildman–Crippen LogP) is 7.77. The van der Waals surface area contributed by atoms with Gasteiger partial charge in [-0.3, -0.25) is 0 Å². The molecular weight excluding hydrogens is 358 g/mol. The summed E-state index contributed by atoms with van der Waals surface area (Å²) in [5, 5.41) is 2.67. The van der Waals surface area contributed by atoms with Gasteiger partial charge in [0.1, 0.15) is 0 Å². The number of halogens is 1. The van der Waals surface area contributed by atoms with Gasteiger partial charge in [0.25, 0.3) is 0 Å². The second-order valence-corrected chi connectivity index (χ2v) is 7.84. The standard InChI is InChI=1S/C22H28BrN/c1-2-3-4-5-6-7-8-9-10-17-11-13-21-19(15-17)20-16-18(23)12-14-22(20)24-21/h11-16,24H,2-10H2,1H3. The van der Waals surface area contributed by atoms with Crippen molar-refractivity contribution in [1.82, 2.24) is 4.98 Å². The van der Waals surface area contributed by atoms with Crippen LogP contribution in [0, 0.1) is 0 Å². The van der Waals surface area contributed by atoms with Crippen LogP contribution in [0.2, 0.25) is 0 Å². The molecule has 1 aromatic heterocycles. The van der Waals surface area contributed by atoms with Crippen LogP contribution < -0.4 is 0 Å². The van der Waals surface area contributed by atoms with Gasteiger partial charge in [0, 0.05) is 26.3 Å². The summed E-state index contributed by atoms with van der Waals surface area (Å²) < 4.78 is 1.14. The fourth-order valence-corrected chi connectivity index (χ4v) is 3.90. The third-order valence-electron chi connectivity index (χ3n) is 4.94. The zero-order valence-electron chi connectivity index (χ0n) is 14.7. The topological polar surface area (TPSA) is 15.8 Å². The first-order valence-electron chi connectivity index (χ1n) is 9.48. The molecule has 3 rings (SSSR count). The number of rotatable bonds is 9. The molecule has 0 saturated carbocycles. The minimum absolute atomic E-state index is 1.14. The van der Waals surface area contributed by atoms with Crippen molar-refractivity contribution in [1.29, 1.82) is 0 Å². The Kier molecular flexibility index (Phi) is 6.37. The largest absolute Gasteiger partial charge is 0.355 e. The number of aromatic amines is 1. The molecule has 0 unspecified atom stereocenters. The lowest BCUT2D eigenvalue weighted by Gasteiger charge is -2.03. The number of hydrogen-bond donors (Lipinski definition) is 1. The van der Waals surface area contributed by atoms with Gasteiger partial charge in [-0.05, 0) is 48.7 Å². The minimum atomic E-state index is 1.14. The molecule has 0 aliphatic carbocycles. The number of nitrogens with one attached hydrogen (secondary N) is 1. The molecule has 0 aliphatic rings. The molecule has 0 saturated heterocycles. The molecule has 2 aromatic carbocycles. The van der Waals surface area contributed by atoms with E-state index in [0.717, 1.165) is 4.47 Å². The van der Waals surface area contributed by atoms with E-state index in [1.807, 2.05) is 0 Å². The summed E-state index contributed by atoms with van der Waals surface area (Å²) >= 11 is 3.59. The maximum Gasteiger partial charge on any atom is 0.0465 e. The van der Waals surface area contributed by atoms with Crippen LogP contribution >= 0.6 is 15.9 Å². The fourth-order valence-electron chi connectivity index (χ4n) is 3.54. The van der Waals surface area contributed by atoms with Crippen LogP contribution in [0.15, 0.2) is 40.9 Å². The van der Waals surface area contributed by atoms with E-state index in [0.29, 0.717) is 0 Å². The average Bonchev–Trinajstić information content (AvgIpc) is 2.94. The Morgan fingerprint density at radius 1 is 0.750 bits per heavy atom. The first kappa shape index (κ1) is 17.5. The minimum Gasteiger partial charge on any atom is -0.355 e. The van der Waals surface area contributed by atoms with E-state index in [1.54, 1.807) is 0 Å². The fraction of sp³-hybridized carbons (Fsp3) is 0.455. The molecule has 24 heavy (non-hydrogen) atoms. The van der Waals surface area contributed by atoms with Crippen LogP contribution in [0.25, 0.3) is 21.8 Å². The van der Waals surface area contributed by atoms with Crippen LogP contribution in [0.4, 0.5) is 0 Å². The number of unbranched alkanes of at least 4 members (excludes halogenated alkanes) is 7. The van der Waals surface area contributed by atoms with E-state index in [9.17, 15) is 0 Å². The Morgan fingerprint density at radius 2 is 1.38 bits per heavy atom. The van der Waals surface area contributed by atoms with Crippen LogP contribution in [0.3, 0.4) is 0 Å². The lowest BCUT2D eigenvalue weighted by molar-refractivity contribution is 0.575. The van der Waals surface area contributed by atoms with E-state index in [1.165, 1.54) is 85.2 Å². The van der Waals surface area contributed by atoms with Crippen molar-refractivity contribution in [2.24, 2.45) is 0 Å². The average molecular weight is 386 g/mol. The van der Waals surface area contributed by atoms with Crippen molar-refractivity contribution in [3.63, 3.8) is 0 Å². The molecule has 2 heteroatoms. The number of H-pyrrole nitrogens is 1. The van der Waals surface area contributed by atoms with E-state index in [4.69, 9.17) is 0 Å². The molecule has 1 N–H and O–H groups in total. The third kappa shape index (κ3) is 4.42. The molecule has 0 atom stereocenters. The Labute approximate surface area is 154 Å². The molecule has 0 aliphatic heterocycles. The lowest BCUT2D eigenvalue weighted by atomic mass is 10.0. The van der Waals surface area contributed by atoms with Crippen molar-refractivity contribution < 1.29 is 0 Å². The quantitative estimate of drug-likeness (QED) is 0.362. The van der Waals surface area contributed by atoms with Crippen molar-refractivity contribution in [3.8, 4) is 0 Å². The third-order valence-corrected chi connectivity index (χ3v) is 5.44. The normalized spacial score (nSPS) is 11.6. The molecule has 1 nitrogen and oxygen atoms in total. The molecule has 0 fully saturated rings. The van der Waals surface area contributed by atoms with Gasteiger partial charge in [0.05, 0.1) is 0 Å². The van der Waals surface area contributed by atoms with Crippen LogP contribution in [0.5, 0.6) is 0 Å². The Hall–Kier alpha value is -1.28. The monoisotopic (exact) mass is 385 g/mol. The molecule has 0 bridgehead atoms. The maximum absolute atomic E-state index is 3.59. The highest BCUT2D eigenvalue weighted by Gasteiger charge is 2.05. The van der Waals surface area contributed by atoms with Crippen molar-refractivity contribution in [3.05, 3.63) is 46.4 Å². The molecule has 128 valence electrons. The second-order valence-electron chi connectivity index (χ2n) is 6.92. The highest BCUT2D eigenvalue weighted by molar-refractivity contribution is 9.10. The van der Waals surface area contributed by atoms with Gasteiger partial charge in [-0.15, -0.1) is 0 Å². The number of hydrogen-bond acceptors (Lipinski definition) is 0.